The first-order chi connectivity index (χ1) is 7.17. The van der Waals surface area contributed by atoms with E-state index >= 15 is 0 Å². The summed E-state index contributed by atoms with van der Waals surface area (Å²) in [6.07, 6.45) is 0. The summed E-state index contributed by atoms with van der Waals surface area (Å²) in [6.45, 7) is 0. The summed E-state index contributed by atoms with van der Waals surface area (Å²) >= 11 is 7.02. The Morgan fingerprint density at radius 1 is 1.67 bits per heavy atom. The van der Waals surface area contributed by atoms with Crippen LogP contribution < -0.4 is 0 Å². The van der Waals surface area contributed by atoms with Crippen molar-refractivity contribution in [1.82, 2.24) is 0 Å². The molecule has 0 atom stereocenters. The van der Waals surface area contributed by atoms with Gasteiger partial charge in [0.15, 0.2) is 0 Å². The fourth-order valence-corrected chi connectivity index (χ4v) is 2.01. The van der Waals surface area contributed by atoms with Gasteiger partial charge >= 0.3 is 5.97 Å². The second-order valence-corrected chi connectivity index (χ2v) is 4.07. The zero-order valence-corrected chi connectivity index (χ0v) is 9.56. The zero-order valence-electron chi connectivity index (χ0n) is 7.99. The summed E-state index contributed by atoms with van der Waals surface area (Å²) in [4.78, 5) is 11.6. The number of nitrogens with zero attached hydrogens (tertiary/aromatic N) is 1. The van der Waals surface area contributed by atoms with Crippen LogP contribution in [0.2, 0.25) is 5.02 Å². The molecule has 0 radical (unpaired) electrons. The number of hydrogen-bond acceptors (Lipinski definition) is 4. The third kappa shape index (κ3) is 3.46. The third-order valence-corrected chi connectivity index (χ3v) is 2.90. The molecular weight excluding hydrogens is 234 g/mol. The Hall–Kier alpha value is -1.18. The molecule has 1 aromatic rings. The van der Waals surface area contributed by atoms with Crippen LogP contribution in [-0.2, 0) is 9.53 Å². The van der Waals surface area contributed by atoms with Crippen LogP contribution in [0.15, 0.2) is 23.1 Å². The molecule has 3 nitrogen and oxygen atoms in total. The molecular formula is C10H8ClNO2S. The van der Waals surface area contributed by atoms with Crippen LogP contribution in [0.5, 0.6) is 0 Å². The Kier molecular flexibility index (Phi) is 4.47. The summed E-state index contributed by atoms with van der Waals surface area (Å²) < 4.78 is 4.50. The minimum Gasteiger partial charge on any atom is -0.468 e. The lowest BCUT2D eigenvalue weighted by Crippen LogP contribution is -2.03. The lowest BCUT2D eigenvalue weighted by molar-refractivity contribution is -0.137. The standard InChI is InChI=1S/C10H8ClNO2S/c1-14-10(13)6-15-9-4-8(11)3-2-7(9)5-12/h2-4H,6H2,1H3. The first-order valence-corrected chi connectivity index (χ1v) is 5.43. The summed E-state index contributed by atoms with van der Waals surface area (Å²) in [5.41, 5.74) is 0.508. The Morgan fingerprint density at radius 3 is 3.00 bits per heavy atom. The number of carbonyl (C=O) groups excluding carboxylic acids is 1. The summed E-state index contributed by atoms with van der Waals surface area (Å²) in [5, 5.41) is 9.35. The molecule has 0 bridgehead atoms. The van der Waals surface area contributed by atoms with Gasteiger partial charge in [-0.1, -0.05) is 11.6 Å². The number of nitriles is 1. The van der Waals surface area contributed by atoms with E-state index in [0.717, 1.165) is 0 Å². The first-order valence-electron chi connectivity index (χ1n) is 4.06. The zero-order chi connectivity index (χ0) is 11.3. The van der Waals surface area contributed by atoms with Crippen molar-refractivity contribution in [3.8, 4) is 6.07 Å². The van der Waals surface area contributed by atoms with Crippen molar-refractivity contribution in [3.05, 3.63) is 28.8 Å². The van der Waals surface area contributed by atoms with Crippen LogP contribution in [0.3, 0.4) is 0 Å². The van der Waals surface area contributed by atoms with E-state index in [-0.39, 0.29) is 11.7 Å². The fraction of sp³-hybridized carbons (Fsp3) is 0.200. The number of thioether (sulfide) groups is 1. The van der Waals surface area contributed by atoms with Crippen LogP contribution in [0.1, 0.15) is 5.56 Å². The Balaban J connectivity index is 2.80. The molecule has 0 N–H and O–H groups in total. The van der Waals surface area contributed by atoms with E-state index < -0.39 is 0 Å². The van der Waals surface area contributed by atoms with Gasteiger partial charge in [-0.15, -0.1) is 11.8 Å². The quantitative estimate of drug-likeness (QED) is 0.603. The molecule has 0 aromatic heterocycles. The smallest absolute Gasteiger partial charge is 0.315 e. The largest absolute Gasteiger partial charge is 0.468 e. The van der Waals surface area contributed by atoms with Crippen molar-refractivity contribution in [1.29, 1.82) is 5.26 Å². The molecule has 15 heavy (non-hydrogen) atoms. The minimum atomic E-state index is -0.330. The van der Waals surface area contributed by atoms with Crippen molar-refractivity contribution in [3.63, 3.8) is 0 Å². The number of benzene rings is 1. The summed E-state index contributed by atoms with van der Waals surface area (Å²) in [5.74, 6) is -0.158. The van der Waals surface area contributed by atoms with Gasteiger partial charge in [0.1, 0.15) is 6.07 Å². The summed E-state index contributed by atoms with van der Waals surface area (Å²) in [7, 11) is 1.33. The van der Waals surface area contributed by atoms with Crippen LogP contribution >= 0.6 is 23.4 Å². The van der Waals surface area contributed by atoms with Crippen LogP contribution in [0.25, 0.3) is 0 Å². The van der Waals surface area contributed by atoms with Gasteiger partial charge in [-0.2, -0.15) is 5.26 Å². The van der Waals surface area contributed by atoms with Gasteiger partial charge in [0.25, 0.3) is 0 Å². The maximum atomic E-state index is 10.9. The fourth-order valence-electron chi connectivity index (χ4n) is 0.904. The molecule has 0 saturated carbocycles. The number of hydrogen-bond donors (Lipinski definition) is 0. The van der Waals surface area contributed by atoms with Gasteiger partial charge in [-0.05, 0) is 18.2 Å². The molecule has 0 amide bonds. The van der Waals surface area contributed by atoms with Crippen LogP contribution in [0, 0.1) is 11.3 Å². The molecule has 0 saturated heterocycles. The second-order valence-electron chi connectivity index (χ2n) is 2.62. The number of esters is 1. The number of methoxy groups -OCH3 is 1. The van der Waals surface area contributed by atoms with E-state index in [1.54, 1.807) is 18.2 Å². The third-order valence-electron chi connectivity index (χ3n) is 1.64. The SMILES string of the molecule is COC(=O)CSc1cc(Cl)ccc1C#N. The highest BCUT2D eigenvalue weighted by Crippen LogP contribution is 2.25. The van der Waals surface area contributed by atoms with Gasteiger partial charge in [0.05, 0.1) is 18.4 Å². The van der Waals surface area contributed by atoms with Gasteiger partial charge < -0.3 is 4.74 Å². The lowest BCUT2D eigenvalue weighted by atomic mass is 10.2. The van der Waals surface area contributed by atoms with E-state index in [4.69, 9.17) is 16.9 Å². The number of carbonyl (C=O) groups is 1. The number of rotatable bonds is 3. The average Bonchev–Trinajstić information content (AvgIpc) is 2.26. The summed E-state index contributed by atoms with van der Waals surface area (Å²) in [6, 6.07) is 6.96. The molecule has 0 aliphatic rings. The van der Waals surface area contributed by atoms with E-state index in [0.29, 0.717) is 15.5 Å². The highest BCUT2D eigenvalue weighted by Gasteiger charge is 2.07. The maximum Gasteiger partial charge on any atom is 0.315 e. The molecule has 0 unspecified atom stereocenters. The molecule has 5 heteroatoms. The first kappa shape index (κ1) is 11.9. The van der Waals surface area contributed by atoms with Crippen molar-refractivity contribution in [2.24, 2.45) is 0 Å². The minimum absolute atomic E-state index is 0.172. The molecule has 0 heterocycles. The topological polar surface area (TPSA) is 50.1 Å². The molecule has 0 spiro atoms. The Morgan fingerprint density at radius 2 is 2.40 bits per heavy atom. The number of halogens is 1. The Bertz CT molecular complexity index is 414. The maximum absolute atomic E-state index is 10.9. The van der Waals surface area contributed by atoms with Crippen LogP contribution in [0.4, 0.5) is 0 Å². The average molecular weight is 242 g/mol. The van der Waals surface area contributed by atoms with E-state index in [9.17, 15) is 4.79 Å². The van der Waals surface area contributed by atoms with E-state index in [1.165, 1.54) is 18.9 Å². The monoisotopic (exact) mass is 241 g/mol. The van der Waals surface area contributed by atoms with Crippen molar-refractivity contribution >= 4 is 29.3 Å². The molecule has 1 rings (SSSR count). The number of ether oxygens (including phenoxy) is 1. The molecule has 1 aromatic carbocycles. The molecule has 0 aliphatic heterocycles. The van der Waals surface area contributed by atoms with E-state index in [2.05, 4.69) is 4.74 Å². The highest BCUT2D eigenvalue weighted by molar-refractivity contribution is 8.00. The van der Waals surface area contributed by atoms with Crippen molar-refractivity contribution in [2.75, 3.05) is 12.9 Å². The van der Waals surface area contributed by atoms with Gasteiger partial charge in [-0.3, -0.25) is 4.79 Å². The predicted octanol–water partition coefficient (Wildman–Crippen LogP) is 2.48. The molecule has 78 valence electrons. The highest BCUT2D eigenvalue weighted by atomic mass is 35.5. The predicted molar refractivity (Wildman–Crippen MR) is 58.9 cm³/mol. The normalized spacial score (nSPS) is 9.40. The van der Waals surface area contributed by atoms with Gasteiger partial charge in [0.2, 0.25) is 0 Å². The lowest BCUT2D eigenvalue weighted by Gasteiger charge is -2.03. The molecule has 0 fully saturated rings. The molecule has 0 aliphatic carbocycles. The van der Waals surface area contributed by atoms with Crippen molar-refractivity contribution < 1.29 is 9.53 Å². The second kappa shape index (κ2) is 5.64. The van der Waals surface area contributed by atoms with Gasteiger partial charge in [-0.25, -0.2) is 0 Å². The van der Waals surface area contributed by atoms with Crippen molar-refractivity contribution in [2.45, 2.75) is 4.90 Å². The van der Waals surface area contributed by atoms with E-state index in [1.807, 2.05) is 6.07 Å². The van der Waals surface area contributed by atoms with Crippen LogP contribution in [-0.4, -0.2) is 18.8 Å². The Labute approximate surface area is 97.0 Å². The van der Waals surface area contributed by atoms with Gasteiger partial charge in [0, 0.05) is 9.92 Å².